The molecular formula is C16H24N4O. The smallest absolute Gasteiger partial charge is 0.227 e. The number of piperazine rings is 1. The number of hydrogen-bond donors (Lipinski definition) is 1. The van der Waals surface area contributed by atoms with Crippen molar-refractivity contribution in [1.29, 1.82) is 0 Å². The first-order valence-electron chi connectivity index (χ1n) is 7.94. The Bertz CT molecular complexity index is 451. The maximum atomic E-state index is 12.5. The van der Waals surface area contributed by atoms with Gasteiger partial charge in [-0.25, -0.2) is 0 Å². The molecule has 0 radical (unpaired) electrons. The quantitative estimate of drug-likeness (QED) is 0.890. The van der Waals surface area contributed by atoms with Crippen molar-refractivity contribution in [2.75, 3.05) is 39.3 Å². The van der Waals surface area contributed by atoms with Crippen molar-refractivity contribution in [2.45, 2.75) is 19.4 Å². The number of aromatic nitrogens is 1. The Morgan fingerprint density at radius 1 is 1.24 bits per heavy atom. The Balaban J connectivity index is 1.47. The van der Waals surface area contributed by atoms with Crippen LogP contribution in [0.4, 0.5) is 0 Å². The van der Waals surface area contributed by atoms with Gasteiger partial charge in [-0.15, -0.1) is 0 Å². The molecule has 0 spiro atoms. The molecule has 5 nitrogen and oxygen atoms in total. The fourth-order valence-electron chi connectivity index (χ4n) is 3.19. The fraction of sp³-hybridized carbons (Fsp3) is 0.625. The summed E-state index contributed by atoms with van der Waals surface area (Å²) in [6, 6.07) is 4.12. The number of rotatable bonds is 3. The summed E-state index contributed by atoms with van der Waals surface area (Å²) < 4.78 is 0. The molecule has 1 amide bonds. The van der Waals surface area contributed by atoms with Gasteiger partial charge in [0.25, 0.3) is 0 Å². The molecule has 1 aromatic rings. The predicted molar refractivity (Wildman–Crippen MR) is 81.7 cm³/mol. The molecule has 1 aromatic heterocycles. The van der Waals surface area contributed by atoms with E-state index in [0.717, 1.165) is 58.7 Å². The molecule has 2 aliphatic rings. The minimum atomic E-state index is 0.200. The zero-order valence-corrected chi connectivity index (χ0v) is 12.5. The first kappa shape index (κ1) is 14.5. The molecule has 0 saturated carbocycles. The van der Waals surface area contributed by atoms with Gasteiger partial charge >= 0.3 is 0 Å². The molecule has 1 atom stereocenters. The summed E-state index contributed by atoms with van der Waals surface area (Å²) in [5.74, 6) is 0.552. The highest BCUT2D eigenvalue weighted by Crippen LogP contribution is 2.15. The number of amides is 1. The topological polar surface area (TPSA) is 48.5 Å². The van der Waals surface area contributed by atoms with E-state index < -0.39 is 0 Å². The van der Waals surface area contributed by atoms with Crippen molar-refractivity contribution in [3.63, 3.8) is 0 Å². The zero-order chi connectivity index (χ0) is 14.5. The SMILES string of the molecule is O=C(C1CCCNC1)N1CCN(Cc2ccncc2)CC1. The molecule has 2 fully saturated rings. The van der Waals surface area contributed by atoms with Crippen LogP contribution in [0.1, 0.15) is 18.4 Å². The average molecular weight is 288 g/mol. The molecule has 1 unspecified atom stereocenters. The first-order chi connectivity index (χ1) is 10.3. The van der Waals surface area contributed by atoms with Gasteiger partial charge in [-0.3, -0.25) is 14.7 Å². The summed E-state index contributed by atoms with van der Waals surface area (Å²) in [5, 5.41) is 3.33. The van der Waals surface area contributed by atoms with E-state index in [1.165, 1.54) is 5.56 Å². The lowest BCUT2D eigenvalue weighted by Gasteiger charge is -2.37. The molecule has 1 N–H and O–H groups in total. The van der Waals surface area contributed by atoms with Crippen molar-refractivity contribution < 1.29 is 4.79 Å². The highest BCUT2D eigenvalue weighted by Gasteiger charge is 2.28. The van der Waals surface area contributed by atoms with E-state index in [4.69, 9.17) is 0 Å². The van der Waals surface area contributed by atoms with Crippen LogP contribution < -0.4 is 5.32 Å². The van der Waals surface area contributed by atoms with Crippen LogP contribution in [0.3, 0.4) is 0 Å². The van der Waals surface area contributed by atoms with Gasteiger partial charge < -0.3 is 10.2 Å². The van der Waals surface area contributed by atoms with Gasteiger partial charge in [0, 0.05) is 51.7 Å². The largest absolute Gasteiger partial charge is 0.340 e. The van der Waals surface area contributed by atoms with Crippen LogP contribution >= 0.6 is 0 Å². The van der Waals surface area contributed by atoms with Crippen LogP contribution in [0.2, 0.25) is 0 Å². The third-order valence-electron chi connectivity index (χ3n) is 4.49. The number of carbonyl (C=O) groups is 1. The Labute approximate surface area is 126 Å². The molecule has 114 valence electrons. The maximum Gasteiger partial charge on any atom is 0.227 e. The molecule has 0 aliphatic carbocycles. The van der Waals surface area contributed by atoms with Gasteiger partial charge in [-0.2, -0.15) is 0 Å². The number of carbonyl (C=O) groups excluding carboxylic acids is 1. The molecule has 21 heavy (non-hydrogen) atoms. The number of pyridine rings is 1. The average Bonchev–Trinajstić information content (AvgIpc) is 2.57. The van der Waals surface area contributed by atoms with Gasteiger partial charge in [0.2, 0.25) is 5.91 Å². The van der Waals surface area contributed by atoms with Crippen LogP contribution in [-0.4, -0.2) is 60.0 Å². The molecule has 2 aliphatic heterocycles. The van der Waals surface area contributed by atoms with Crippen molar-refractivity contribution in [2.24, 2.45) is 5.92 Å². The lowest BCUT2D eigenvalue weighted by molar-refractivity contribution is -0.137. The van der Waals surface area contributed by atoms with E-state index in [2.05, 4.69) is 32.2 Å². The fourth-order valence-corrected chi connectivity index (χ4v) is 3.19. The Hall–Kier alpha value is -1.46. The van der Waals surface area contributed by atoms with Crippen LogP contribution in [0.15, 0.2) is 24.5 Å². The Morgan fingerprint density at radius 2 is 2.00 bits per heavy atom. The number of nitrogens with one attached hydrogen (secondary N) is 1. The highest BCUT2D eigenvalue weighted by atomic mass is 16.2. The van der Waals surface area contributed by atoms with Gasteiger partial charge in [0.15, 0.2) is 0 Å². The third-order valence-corrected chi connectivity index (χ3v) is 4.49. The third kappa shape index (κ3) is 3.80. The van der Waals surface area contributed by atoms with Crippen molar-refractivity contribution >= 4 is 5.91 Å². The van der Waals surface area contributed by atoms with Crippen LogP contribution in [0, 0.1) is 5.92 Å². The molecule has 0 bridgehead atoms. The summed E-state index contributed by atoms with van der Waals surface area (Å²) in [7, 11) is 0. The van der Waals surface area contributed by atoms with Gasteiger partial charge in [0.1, 0.15) is 0 Å². The number of hydrogen-bond acceptors (Lipinski definition) is 4. The Morgan fingerprint density at radius 3 is 2.67 bits per heavy atom. The van der Waals surface area contributed by atoms with E-state index in [9.17, 15) is 4.79 Å². The van der Waals surface area contributed by atoms with Crippen molar-refractivity contribution in [3.05, 3.63) is 30.1 Å². The summed E-state index contributed by atoms with van der Waals surface area (Å²) in [5.41, 5.74) is 1.29. The van der Waals surface area contributed by atoms with E-state index in [1.807, 2.05) is 12.4 Å². The van der Waals surface area contributed by atoms with E-state index >= 15 is 0 Å². The van der Waals surface area contributed by atoms with Crippen LogP contribution in [-0.2, 0) is 11.3 Å². The zero-order valence-electron chi connectivity index (χ0n) is 12.5. The summed E-state index contributed by atoms with van der Waals surface area (Å²) in [4.78, 5) is 21.0. The van der Waals surface area contributed by atoms with Crippen LogP contribution in [0.5, 0.6) is 0 Å². The lowest BCUT2D eigenvalue weighted by Crippen LogP contribution is -2.51. The van der Waals surface area contributed by atoms with Gasteiger partial charge in [-0.1, -0.05) is 0 Å². The van der Waals surface area contributed by atoms with Crippen LogP contribution in [0.25, 0.3) is 0 Å². The first-order valence-corrected chi connectivity index (χ1v) is 7.94. The highest BCUT2D eigenvalue weighted by molar-refractivity contribution is 5.79. The van der Waals surface area contributed by atoms with E-state index in [0.29, 0.717) is 5.91 Å². The van der Waals surface area contributed by atoms with Gasteiger partial charge in [-0.05, 0) is 37.1 Å². The molecule has 0 aromatic carbocycles. The van der Waals surface area contributed by atoms with E-state index in [-0.39, 0.29) is 5.92 Å². The second-order valence-electron chi connectivity index (χ2n) is 6.00. The lowest BCUT2D eigenvalue weighted by atomic mass is 9.98. The maximum absolute atomic E-state index is 12.5. The molecule has 2 saturated heterocycles. The second kappa shape index (κ2) is 7.00. The molecule has 5 heteroatoms. The normalized spacial score (nSPS) is 24.0. The minimum absolute atomic E-state index is 0.200. The second-order valence-corrected chi connectivity index (χ2v) is 6.00. The monoisotopic (exact) mass is 288 g/mol. The number of nitrogens with zero attached hydrogens (tertiary/aromatic N) is 3. The molecule has 3 heterocycles. The summed E-state index contributed by atoms with van der Waals surface area (Å²) >= 11 is 0. The van der Waals surface area contributed by atoms with Crippen molar-refractivity contribution in [1.82, 2.24) is 20.1 Å². The predicted octanol–water partition coefficient (Wildman–Crippen LogP) is 0.725. The molecule has 3 rings (SSSR count). The van der Waals surface area contributed by atoms with Crippen molar-refractivity contribution in [3.8, 4) is 0 Å². The summed E-state index contributed by atoms with van der Waals surface area (Å²) in [6.07, 6.45) is 5.85. The number of piperidine rings is 1. The standard InChI is InChI=1S/C16H24N4O/c21-16(15-2-1-5-18-12-15)20-10-8-19(9-11-20)13-14-3-6-17-7-4-14/h3-4,6-7,15,18H,1-2,5,8-13H2. The Kier molecular flexibility index (Phi) is 4.83. The minimum Gasteiger partial charge on any atom is -0.340 e. The van der Waals surface area contributed by atoms with E-state index in [1.54, 1.807) is 0 Å². The summed E-state index contributed by atoms with van der Waals surface area (Å²) in [6.45, 7) is 6.53. The van der Waals surface area contributed by atoms with Gasteiger partial charge in [0.05, 0.1) is 5.92 Å². The molecular weight excluding hydrogens is 264 g/mol.